The number of anilines is 1. The Kier molecular flexibility index (Phi) is 4.42. The lowest BCUT2D eigenvalue weighted by atomic mass is 10.3. The molecule has 0 fully saturated rings. The number of nitrogens with zero attached hydrogens (tertiary/aromatic N) is 1. The van der Waals surface area contributed by atoms with Gasteiger partial charge in [0.25, 0.3) is 5.91 Å². The van der Waals surface area contributed by atoms with Crippen LogP contribution < -0.4 is 11.1 Å². The summed E-state index contributed by atoms with van der Waals surface area (Å²) in [4.78, 5) is 11.0. The minimum atomic E-state index is -0.727. The van der Waals surface area contributed by atoms with E-state index >= 15 is 0 Å². The molecule has 0 aliphatic heterocycles. The van der Waals surface area contributed by atoms with Crippen LogP contribution in [0.25, 0.3) is 0 Å². The molecule has 1 aromatic rings. The largest absolute Gasteiger partial charge is 0.365 e. The Bertz CT molecular complexity index is 448. The number of rotatable bonds is 4. The summed E-state index contributed by atoms with van der Waals surface area (Å²) in [6.45, 7) is 0. The van der Waals surface area contributed by atoms with Crippen molar-refractivity contribution < 1.29 is 4.79 Å². The highest BCUT2D eigenvalue weighted by molar-refractivity contribution is 8.02. The maximum atomic E-state index is 11.0. The minimum absolute atomic E-state index is 0.0589. The number of carbonyl (C=O) groups is 1. The molecule has 1 amide bonds. The van der Waals surface area contributed by atoms with Crippen molar-refractivity contribution in [3.05, 3.63) is 40.9 Å². The van der Waals surface area contributed by atoms with Crippen LogP contribution in [0.15, 0.2) is 40.9 Å². The SMILES string of the molecule is CS/C(Nc1ccccc1)=C(\C#N)C(N)=O. The van der Waals surface area contributed by atoms with Gasteiger partial charge >= 0.3 is 0 Å². The number of carbonyl (C=O) groups excluding carboxylic acids is 1. The van der Waals surface area contributed by atoms with Gasteiger partial charge in [0.15, 0.2) is 0 Å². The van der Waals surface area contributed by atoms with Crippen LogP contribution in [0.5, 0.6) is 0 Å². The minimum Gasteiger partial charge on any atom is -0.365 e. The third-order valence-corrected chi connectivity index (χ3v) is 2.54. The van der Waals surface area contributed by atoms with E-state index in [4.69, 9.17) is 11.0 Å². The molecule has 0 saturated heterocycles. The zero-order valence-electron chi connectivity index (χ0n) is 8.73. The Morgan fingerprint density at radius 2 is 2.06 bits per heavy atom. The summed E-state index contributed by atoms with van der Waals surface area (Å²) in [7, 11) is 0. The number of amides is 1. The van der Waals surface area contributed by atoms with Crippen LogP contribution in [-0.2, 0) is 4.79 Å². The number of benzene rings is 1. The van der Waals surface area contributed by atoms with E-state index in [0.717, 1.165) is 5.69 Å². The standard InChI is InChI=1S/C11H11N3OS/c1-16-11(9(7-12)10(13)15)14-8-5-3-2-4-6-8/h2-6,14H,1H3,(H2,13,15)/b11-9+. The number of nitrogens with one attached hydrogen (secondary N) is 1. The molecule has 1 aromatic carbocycles. The zero-order chi connectivity index (χ0) is 12.0. The Hall–Kier alpha value is -1.93. The van der Waals surface area contributed by atoms with Crippen molar-refractivity contribution in [1.82, 2.24) is 0 Å². The molecule has 3 N–H and O–H groups in total. The molecule has 0 heterocycles. The fourth-order valence-electron chi connectivity index (χ4n) is 1.09. The van der Waals surface area contributed by atoms with E-state index in [1.54, 1.807) is 12.3 Å². The average Bonchev–Trinajstić information content (AvgIpc) is 2.29. The van der Waals surface area contributed by atoms with Crippen molar-refractivity contribution >= 4 is 23.4 Å². The Morgan fingerprint density at radius 1 is 1.44 bits per heavy atom. The van der Waals surface area contributed by atoms with Crippen LogP contribution in [0.2, 0.25) is 0 Å². The topological polar surface area (TPSA) is 78.9 Å². The van der Waals surface area contributed by atoms with E-state index in [0.29, 0.717) is 5.03 Å². The van der Waals surface area contributed by atoms with Crippen molar-refractivity contribution in [3.8, 4) is 6.07 Å². The van der Waals surface area contributed by atoms with Crippen molar-refractivity contribution in [2.75, 3.05) is 11.6 Å². The van der Waals surface area contributed by atoms with Gasteiger partial charge in [0.2, 0.25) is 0 Å². The predicted molar refractivity (Wildman–Crippen MR) is 65.4 cm³/mol. The Balaban J connectivity index is 3.01. The summed E-state index contributed by atoms with van der Waals surface area (Å²) in [5, 5.41) is 12.3. The highest BCUT2D eigenvalue weighted by Crippen LogP contribution is 2.19. The highest BCUT2D eigenvalue weighted by atomic mass is 32.2. The molecular formula is C11H11N3OS. The van der Waals surface area contributed by atoms with Crippen LogP contribution in [0.4, 0.5) is 5.69 Å². The van der Waals surface area contributed by atoms with Crippen molar-refractivity contribution in [2.24, 2.45) is 5.73 Å². The first kappa shape index (κ1) is 12.1. The summed E-state index contributed by atoms with van der Waals surface area (Å²) < 4.78 is 0. The van der Waals surface area contributed by atoms with Gasteiger partial charge in [-0.3, -0.25) is 4.79 Å². The van der Waals surface area contributed by atoms with Crippen LogP contribution in [0, 0.1) is 11.3 Å². The number of hydrogen-bond donors (Lipinski definition) is 2. The van der Waals surface area contributed by atoms with E-state index in [1.807, 2.05) is 30.3 Å². The molecule has 0 atom stereocenters. The van der Waals surface area contributed by atoms with Crippen LogP contribution >= 0.6 is 11.8 Å². The van der Waals surface area contributed by atoms with Crippen LogP contribution in [0.1, 0.15) is 0 Å². The summed E-state index contributed by atoms with van der Waals surface area (Å²) in [6.07, 6.45) is 1.77. The maximum Gasteiger partial charge on any atom is 0.262 e. The number of hydrogen-bond acceptors (Lipinski definition) is 4. The summed E-state index contributed by atoms with van der Waals surface area (Å²) >= 11 is 1.27. The van der Waals surface area contributed by atoms with E-state index in [1.165, 1.54) is 11.8 Å². The van der Waals surface area contributed by atoms with Gasteiger partial charge in [0.1, 0.15) is 11.6 Å². The molecule has 0 aliphatic carbocycles. The number of primary amides is 1. The monoisotopic (exact) mass is 233 g/mol. The fraction of sp³-hybridized carbons (Fsp3) is 0.0909. The molecule has 5 heteroatoms. The summed E-state index contributed by atoms with van der Waals surface area (Å²) in [5.41, 5.74) is 5.85. The molecule has 1 rings (SSSR count). The second kappa shape index (κ2) is 5.83. The molecule has 0 aromatic heterocycles. The van der Waals surface area contributed by atoms with Crippen molar-refractivity contribution in [3.63, 3.8) is 0 Å². The van der Waals surface area contributed by atoms with Crippen molar-refractivity contribution in [2.45, 2.75) is 0 Å². The highest BCUT2D eigenvalue weighted by Gasteiger charge is 2.11. The summed E-state index contributed by atoms with van der Waals surface area (Å²) in [6, 6.07) is 11.1. The first-order valence-corrected chi connectivity index (χ1v) is 5.71. The van der Waals surface area contributed by atoms with Gasteiger partial charge in [-0.2, -0.15) is 5.26 Å². The average molecular weight is 233 g/mol. The molecule has 0 radical (unpaired) electrons. The predicted octanol–water partition coefficient (Wildman–Crippen LogP) is 1.68. The van der Waals surface area contributed by atoms with Gasteiger partial charge in [0, 0.05) is 5.69 Å². The molecule has 0 aliphatic rings. The molecule has 0 saturated carbocycles. The van der Waals surface area contributed by atoms with Crippen LogP contribution in [0.3, 0.4) is 0 Å². The molecule has 0 unspecified atom stereocenters. The molecule has 0 spiro atoms. The number of nitriles is 1. The zero-order valence-corrected chi connectivity index (χ0v) is 9.54. The van der Waals surface area contributed by atoms with Gasteiger partial charge in [0.05, 0.1) is 5.03 Å². The summed E-state index contributed by atoms with van der Waals surface area (Å²) in [5.74, 6) is -0.727. The second-order valence-electron chi connectivity index (χ2n) is 2.88. The normalized spacial score (nSPS) is 11.2. The molecule has 0 bridgehead atoms. The number of nitrogens with two attached hydrogens (primary N) is 1. The first-order valence-electron chi connectivity index (χ1n) is 4.49. The fourth-order valence-corrected chi connectivity index (χ4v) is 1.66. The van der Waals surface area contributed by atoms with Gasteiger partial charge in [-0.1, -0.05) is 18.2 Å². The second-order valence-corrected chi connectivity index (χ2v) is 3.69. The molecular weight excluding hydrogens is 222 g/mol. The molecule has 82 valence electrons. The lowest BCUT2D eigenvalue weighted by Crippen LogP contribution is -2.16. The van der Waals surface area contributed by atoms with Gasteiger partial charge in [-0.15, -0.1) is 11.8 Å². The number of para-hydroxylation sites is 1. The van der Waals surface area contributed by atoms with E-state index < -0.39 is 5.91 Å². The van der Waals surface area contributed by atoms with Gasteiger partial charge in [-0.05, 0) is 18.4 Å². The van der Waals surface area contributed by atoms with Crippen LogP contribution in [-0.4, -0.2) is 12.2 Å². The Labute approximate surface area is 98.1 Å². The van der Waals surface area contributed by atoms with E-state index in [2.05, 4.69) is 5.32 Å². The van der Waals surface area contributed by atoms with Crippen molar-refractivity contribution in [1.29, 1.82) is 5.26 Å². The quantitative estimate of drug-likeness (QED) is 0.612. The Morgan fingerprint density at radius 3 is 2.50 bits per heavy atom. The number of thioether (sulfide) groups is 1. The molecule has 16 heavy (non-hydrogen) atoms. The lowest BCUT2D eigenvalue weighted by Gasteiger charge is -2.09. The smallest absolute Gasteiger partial charge is 0.262 e. The first-order chi connectivity index (χ1) is 7.69. The van der Waals surface area contributed by atoms with Gasteiger partial charge < -0.3 is 11.1 Å². The third kappa shape index (κ3) is 3.04. The maximum absolute atomic E-state index is 11.0. The van der Waals surface area contributed by atoms with E-state index in [-0.39, 0.29) is 5.57 Å². The molecule has 4 nitrogen and oxygen atoms in total. The van der Waals surface area contributed by atoms with Gasteiger partial charge in [-0.25, -0.2) is 0 Å². The van der Waals surface area contributed by atoms with E-state index in [9.17, 15) is 4.79 Å². The third-order valence-electron chi connectivity index (χ3n) is 1.82. The lowest BCUT2D eigenvalue weighted by molar-refractivity contribution is -0.114.